The second-order valence-corrected chi connectivity index (χ2v) is 5.47. The minimum Gasteiger partial charge on any atom is -0.465 e. The van der Waals surface area contributed by atoms with E-state index in [9.17, 15) is 9.59 Å². The van der Waals surface area contributed by atoms with Crippen LogP contribution in [-0.4, -0.2) is 26.0 Å². The number of methoxy groups -OCH3 is 1. The Bertz CT molecular complexity index is 776. The number of hydrogen-bond donors (Lipinski definition) is 0. The molecule has 1 aliphatic rings. The summed E-state index contributed by atoms with van der Waals surface area (Å²) in [5.74, 6) is -0.520. The zero-order chi connectivity index (χ0) is 15.9. The van der Waals surface area contributed by atoms with Crippen LogP contribution in [0.2, 0.25) is 5.02 Å². The molecule has 5 nitrogen and oxygen atoms in total. The van der Waals surface area contributed by atoms with Gasteiger partial charge in [0, 0.05) is 18.1 Å². The van der Waals surface area contributed by atoms with Crippen LogP contribution in [0.15, 0.2) is 42.7 Å². The molecule has 1 unspecified atom stereocenters. The van der Waals surface area contributed by atoms with E-state index in [1.54, 1.807) is 53.2 Å². The summed E-state index contributed by atoms with van der Waals surface area (Å²) >= 11 is 6.01. The second kappa shape index (κ2) is 5.42. The van der Waals surface area contributed by atoms with Gasteiger partial charge in [-0.25, -0.2) is 4.79 Å². The number of ether oxygens (including phenoxy) is 1. The number of amides is 1. The minimum atomic E-state index is -0.512. The van der Waals surface area contributed by atoms with Crippen molar-refractivity contribution in [2.75, 3.05) is 19.1 Å². The number of rotatable bonds is 2. The summed E-state index contributed by atoms with van der Waals surface area (Å²) < 4.78 is 6.44. The molecule has 2 aromatic rings. The molecular weight excluding hydrogens is 304 g/mol. The maximum Gasteiger partial charge on any atom is 0.343 e. The van der Waals surface area contributed by atoms with Gasteiger partial charge >= 0.3 is 11.9 Å². The molecule has 0 saturated carbocycles. The number of esters is 1. The number of aromatic nitrogens is 1. The van der Waals surface area contributed by atoms with Gasteiger partial charge in [-0.2, -0.15) is 4.57 Å². The highest BCUT2D eigenvalue weighted by Crippen LogP contribution is 2.36. The van der Waals surface area contributed by atoms with Gasteiger partial charge < -0.3 is 9.64 Å². The molecule has 3 rings (SSSR count). The average molecular weight is 318 g/mol. The number of benzene rings is 1. The summed E-state index contributed by atoms with van der Waals surface area (Å²) in [5, 5.41) is 0.576. The molecule has 0 saturated heterocycles. The summed E-state index contributed by atoms with van der Waals surface area (Å²) in [6.07, 6.45) is 3.37. The van der Waals surface area contributed by atoms with E-state index in [1.807, 2.05) is 6.07 Å². The molecule has 1 aliphatic heterocycles. The highest BCUT2D eigenvalue weighted by molar-refractivity contribution is 6.31. The van der Waals surface area contributed by atoms with Crippen LogP contribution in [-0.2, 0) is 9.53 Å². The van der Waals surface area contributed by atoms with Crippen LogP contribution in [0.3, 0.4) is 0 Å². The van der Waals surface area contributed by atoms with E-state index in [4.69, 9.17) is 16.3 Å². The summed E-state index contributed by atoms with van der Waals surface area (Å²) in [6, 6.07) is 8.20. The molecule has 0 aliphatic carbocycles. The molecule has 0 N–H and O–H groups in total. The Morgan fingerprint density at radius 2 is 2.14 bits per heavy atom. The fraction of sp³-hybridized carbons (Fsp3) is 0.188. The second-order valence-electron chi connectivity index (χ2n) is 5.03. The lowest BCUT2D eigenvalue weighted by atomic mass is 10.1. The summed E-state index contributed by atoms with van der Waals surface area (Å²) in [4.78, 5) is 25.8. The maximum atomic E-state index is 12.6. The van der Waals surface area contributed by atoms with E-state index in [0.717, 1.165) is 11.3 Å². The third-order valence-corrected chi connectivity index (χ3v) is 3.99. The van der Waals surface area contributed by atoms with Gasteiger partial charge in [0.2, 0.25) is 0 Å². The molecular formula is C16H14ClN2O3+. The summed E-state index contributed by atoms with van der Waals surface area (Å²) in [7, 11) is 3.04. The Morgan fingerprint density at radius 1 is 1.36 bits per heavy atom. The molecule has 0 bridgehead atoms. The zero-order valence-corrected chi connectivity index (χ0v) is 12.9. The highest BCUT2D eigenvalue weighted by atomic mass is 35.5. The third kappa shape index (κ3) is 2.23. The Morgan fingerprint density at radius 3 is 2.86 bits per heavy atom. The van der Waals surface area contributed by atoms with Crippen molar-refractivity contribution in [2.45, 2.75) is 6.04 Å². The molecule has 1 amide bonds. The van der Waals surface area contributed by atoms with Crippen LogP contribution in [0.25, 0.3) is 0 Å². The first-order valence-electron chi connectivity index (χ1n) is 6.69. The minimum absolute atomic E-state index is 0.0794. The van der Waals surface area contributed by atoms with Gasteiger partial charge in [0.05, 0.1) is 18.4 Å². The number of anilines is 1. The molecule has 1 aromatic heterocycles. The van der Waals surface area contributed by atoms with Crippen molar-refractivity contribution in [1.82, 2.24) is 0 Å². The molecule has 0 radical (unpaired) electrons. The number of carbonyl (C=O) groups excluding carboxylic acids is 2. The fourth-order valence-corrected chi connectivity index (χ4v) is 2.82. The van der Waals surface area contributed by atoms with Crippen LogP contribution >= 0.6 is 11.6 Å². The SMILES string of the molecule is COC(=O)c1ccc[n+](C2C(=O)N(C)c3cc(Cl)ccc32)c1. The number of halogens is 1. The van der Waals surface area contributed by atoms with E-state index in [2.05, 4.69) is 0 Å². The van der Waals surface area contributed by atoms with Crippen molar-refractivity contribution in [2.24, 2.45) is 0 Å². The topological polar surface area (TPSA) is 50.5 Å². The van der Waals surface area contributed by atoms with Crippen molar-refractivity contribution in [3.63, 3.8) is 0 Å². The van der Waals surface area contributed by atoms with Crippen molar-refractivity contribution in [3.05, 3.63) is 58.9 Å². The van der Waals surface area contributed by atoms with Crippen molar-refractivity contribution in [1.29, 1.82) is 0 Å². The first-order valence-corrected chi connectivity index (χ1v) is 7.07. The third-order valence-electron chi connectivity index (χ3n) is 3.75. The van der Waals surface area contributed by atoms with Crippen LogP contribution in [0, 0.1) is 0 Å². The number of pyridine rings is 1. The predicted octanol–water partition coefficient (Wildman–Crippen LogP) is 1.98. The van der Waals surface area contributed by atoms with Gasteiger partial charge in [-0.1, -0.05) is 11.6 Å². The van der Waals surface area contributed by atoms with Crippen molar-refractivity contribution >= 4 is 29.2 Å². The molecule has 1 aromatic carbocycles. The van der Waals surface area contributed by atoms with Crippen LogP contribution in [0.1, 0.15) is 22.0 Å². The lowest BCUT2D eigenvalue weighted by Crippen LogP contribution is -2.45. The standard InChI is InChI=1S/C16H14ClN2O3/c1-18-13-8-11(17)5-6-12(13)14(15(18)20)19-7-3-4-10(9-19)16(21)22-2/h3-9,14H,1-2H3/q+1. The zero-order valence-electron chi connectivity index (χ0n) is 12.1. The lowest BCUT2D eigenvalue weighted by molar-refractivity contribution is -0.699. The van der Waals surface area contributed by atoms with Gasteiger partial charge in [0.15, 0.2) is 12.4 Å². The first kappa shape index (κ1) is 14.5. The number of hydrogen-bond acceptors (Lipinski definition) is 3. The Hall–Kier alpha value is -2.40. The number of likely N-dealkylation sites (N-methyl/N-ethyl adjacent to an activating group) is 1. The average Bonchev–Trinajstić information content (AvgIpc) is 2.78. The highest BCUT2D eigenvalue weighted by Gasteiger charge is 2.42. The maximum absolute atomic E-state index is 12.6. The molecule has 2 heterocycles. The molecule has 6 heteroatoms. The smallest absolute Gasteiger partial charge is 0.343 e. The molecule has 112 valence electrons. The molecule has 1 atom stereocenters. The van der Waals surface area contributed by atoms with E-state index in [1.165, 1.54) is 7.11 Å². The monoisotopic (exact) mass is 317 g/mol. The van der Waals surface area contributed by atoms with Crippen LogP contribution in [0.4, 0.5) is 5.69 Å². The van der Waals surface area contributed by atoms with Gasteiger partial charge in [0.1, 0.15) is 5.56 Å². The predicted molar refractivity (Wildman–Crippen MR) is 81.0 cm³/mol. The Labute approximate surface area is 132 Å². The number of fused-ring (bicyclic) bond motifs is 1. The van der Waals surface area contributed by atoms with Gasteiger partial charge in [-0.3, -0.25) is 4.79 Å². The van der Waals surface area contributed by atoms with E-state index >= 15 is 0 Å². The van der Waals surface area contributed by atoms with Crippen LogP contribution < -0.4 is 9.47 Å². The quantitative estimate of drug-likeness (QED) is 0.628. The number of carbonyl (C=O) groups is 2. The normalized spacial score (nSPS) is 16.6. The van der Waals surface area contributed by atoms with Gasteiger partial charge in [-0.15, -0.1) is 0 Å². The van der Waals surface area contributed by atoms with Gasteiger partial charge in [0.25, 0.3) is 6.04 Å². The number of nitrogens with zero attached hydrogens (tertiary/aromatic N) is 2. The fourth-order valence-electron chi connectivity index (χ4n) is 2.65. The largest absolute Gasteiger partial charge is 0.465 e. The molecule has 22 heavy (non-hydrogen) atoms. The lowest BCUT2D eigenvalue weighted by Gasteiger charge is -2.08. The van der Waals surface area contributed by atoms with E-state index in [-0.39, 0.29) is 5.91 Å². The molecule has 0 spiro atoms. The van der Waals surface area contributed by atoms with E-state index < -0.39 is 12.0 Å². The first-order chi connectivity index (χ1) is 10.5. The van der Waals surface area contributed by atoms with Crippen LogP contribution in [0.5, 0.6) is 0 Å². The van der Waals surface area contributed by atoms with Crippen molar-refractivity contribution in [3.8, 4) is 0 Å². The summed E-state index contributed by atoms with van der Waals surface area (Å²) in [6.45, 7) is 0. The van der Waals surface area contributed by atoms with Gasteiger partial charge in [-0.05, 0) is 24.3 Å². The molecule has 0 fully saturated rings. The Kier molecular flexibility index (Phi) is 3.58. The Balaban J connectivity index is 2.10. The summed E-state index contributed by atoms with van der Waals surface area (Å²) in [5.41, 5.74) is 2.02. The van der Waals surface area contributed by atoms with E-state index in [0.29, 0.717) is 10.6 Å². The van der Waals surface area contributed by atoms with Crippen molar-refractivity contribution < 1.29 is 18.9 Å².